The molecule has 3 aromatic rings. The summed E-state index contributed by atoms with van der Waals surface area (Å²) in [7, 11) is -3.85. The molecule has 10 heteroatoms. The number of nitrogens with zero attached hydrogens (tertiary/aromatic N) is 2. The van der Waals surface area contributed by atoms with Crippen LogP contribution in [0.15, 0.2) is 71.9 Å². The van der Waals surface area contributed by atoms with Crippen molar-refractivity contribution in [2.45, 2.75) is 18.7 Å². The number of aromatic nitrogens is 2. The molecule has 33 heavy (non-hydrogen) atoms. The number of ether oxygens (including phenoxy) is 2. The van der Waals surface area contributed by atoms with Gasteiger partial charge in [0.25, 0.3) is 10.0 Å². The van der Waals surface area contributed by atoms with Crippen molar-refractivity contribution in [1.82, 2.24) is 9.97 Å². The van der Waals surface area contributed by atoms with Gasteiger partial charge in [-0.05, 0) is 68.0 Å². The zero-order valence-electron chi connectivity index (χ0n) is 18.2. The molecular weight excluding hydrogens is 444 g/mol. The van der Waals surface area contributed by atoms with E-state index >= 15 is 0 Å². The number of sulfonamides is 1. The van der Waals surface area contributed by atoms with Crippen LogP contribution in [-0.2, 0) is 14.8 Å². The zero-order chi connectivity index (χ0) is 23.7. The fourth-order valence-corrected chi connectivity index (χ4v) is 3.73. The highest BCUT2D eigenvalue weighted by Crippen LogP contribution is 2.29. The number of benzene rings is 2. The van der Waals surface area contributed by atoms with Crippen LogP contribution in [0.2, 0.25) is 0 Å². The minimum atomic E-state index is -3.85. The molecule has 3 rings (SSSR count). The van der Waals surface area contributed by atoms with Crippen molar-refractivity contribution in [1.29, 1.82) is 0 Å². The Kier molecular flexibility index (Phi) is 7.98. The molecule has 1 heterocycles. The average Bonchev–Trinajstić information content (AvgIpc) is 2.80. The van der Waals surface area contributed by atoms with E-state index in [-0.39, 0.29) is 16.8 Å². The van der Waals surface area contributed by atoms with Crippen molar-refractivity contribution in [3.05, 3.63) is 72.6 Å². The summed E-state index contributed by atoms with van der Waals surface area (Å²) in [6.45, 7) is 4.79. The van der Waals surface area contributed by atoms with E-state index in [9.17, 15) is 13.2 Å². The number of carbonyl (C=O) groups excluding carboxylic acids is 1. The van der Waals surface area contributed by atoms with Gasteiger partial charge in [-0.25, -0.2) is 23.1 Å². The lowest BCUT2D eigenvalue weighted by Crippen LogP contribution is -2.15. The molecule has 0 saturated carbocycles. The third-order valence-electron chi connectivity index (χ3n) is 4.22. The Bertz CT molecular complexity index is 1210. The number of hydrogen-bond acceptors (Lipinski definition) is 7. The van der Waals surface area contributed by atoms with Gasteiger partial charge in [0.2, 0.25) is 11.9 Å². The second-order valence-corrected chi connectivity index (χ2v) is 8.28. The molecule has 9 nitrogen and oxygen atoms in total. The fraction of sp³-hybridized carbons (Fsp3) is 0.174. The Labute approximate surface area is 192 Å². The summed E-state index contributed by atoms with van der Waals surface area (Å²) in [4.78, 5) is 20.0. The maximum Gasteiger partial charge on any atom is 0.264 e. The van der Waals surface area contributed by atoms with Crippen molar-refractivity contribution >= 4 is 33.6 Å². The molecule has 0 unspecified atom stereocenters. The minimum absolute atomic E-state index is 0.0151. The van der Waals surface area contributed by atoms with E-state index < -0.39 is 10.0 Å². The van der Waals surface area contributed by atoms with Crippen LogP contribution in [0.4, 0.5) is 11.6 Å². The van der Waals surface area contributed by atoms with Crippen molar-refractivity contribution in [2.75, 3.05) is 23.3 Å². The van der Waals surface area contributed by atoms with E-state index in [1.54, 1.807) is 24.3 Å². The van der Waals surface area contributed by atoms with Crippen molar-refractivity contribution in [2.24, 2.45) is 0 Å². The lowest BCUT2D eigenvalue weighted by atomic mass is 10.2. The number of nitrogens with one attached hydrogen (secondary N) is 2. The highest BCUT2D eigenvalue weighted by molar-refractivity contribution is 7.92. The summed E-state index contributed by atoms with van der Waals surface area (Å²) in [6, 6.07) is 12.7. The topological polar surface area (TPSA) is 120 Å². The Hall–Kier alpha value is -3.92. The molecule has 1 aromatic heterocycles. The number of carbonyl (C=O) groups is 1. The molecule has 0 aliphatic heterocycles. The predicted octanol–water partition coefficient (Wildman–Crippen LogP) is 3.73. The van der Waals surface area contributed by atoms with Crippen LogP contribution >= 0.6 is 0 Å². The predicted molar refractivity (Wildman–Crippen MR) is 126 cm³/mol. The SMILES string of the molecule is CCOc1ccc(/C=C/C(=O)Nc2ccc(S(=O)(=O)Nc3ncccn3)cc2)cc1OCC. The van der Waals surface area contributed by atoms with Crippen LogP contribution in [0, 0.1) is 0 Å². The first-order valence-corrected chi connectivity index (χ1v) is 11.7. The van der Waals surface area contributed by atoms with Crippen molar-refractivity contribution in [3.63, 3.8) is 0 Å². The molecule has 1 amide bonds. The highest BCUT2D eigenvalue weighted by Gasteiger charge is 2.15. The van der Waals surface area contributed by atoms with Crippen LogP contribution in [0.25, 0.3) is 6.08 Å². The van der Waals surface area contributed by atoms with Gasteiger partial charge in [-0.3, -0.25) is 4.79 Å². The molecule has 0 saturated heterocycles. The minimum Gasteiger partial charge on any atom is -0.490 e. The maximum absolute atomic E-state index is 12.4. The van der Waals surface area contributed by atoms with E-state index in [0.29, 0.717) is 30.4 Å². The molecule has 0 radical (unpaired) electrons. The Morgan fingerprint density at radius 2 is 1.64 bits per heavy atom. The van der Waals surface area contributed by atoms with Gasteiger partial charge in [0.05, 0.1) is 18.1 Å². The lowest BCUT2D eigenvalue weighted by molar-refractivity contribution is -0.111. The molecule has 0 fully saturated rings. The average molecular weight is 469 g/mol. The first-order chi connectivity index (χ1) is 15.9. The summed E-state index contributed by atoms with van der Waals surface area (Å²) in [5.41, 5.74) is 1.22. The van der Waals surface area contributed by atoms with Crippen LogP contribution in [0.3, 0.4) is 0 Å². The summed E-state index contributed by atoms with van der Waals surface area (Å²) in [5, 5.41) is 2.69. The molecule has 0 aliphatic carbocycles. The van der Waals surface area contributed by atoms with Gasteiger partial charge in [0.1, 0.15) is 0 Å². The van der Waals surface area contributed by atoms with E-state index in [4.69, 9.17) is 9.47 Å². The summed E-state index contributed by atoms with van der Waals surface area (Å²) >= 11 is 0. The number of rotatable bonds is 10. The van der Waals surface area contributed by atoms with Gasteiger partial charge in [-0.15, -0.1) is 0 Å². The second-order valence-electron chi connectivity index (χ2n) is 6.60. The molecule has 2 N–H and O–H groups in total. The second kappa shape index (κ2) is 11.1. The smallest absolute Gasteiger partial charge is 0.264 e. The first-order valence-electron chi connectivity index (χ1n) is 10.2. The monoisotopic (exact) mass is 468 g/mol. The largest absolute Gasteiger partial charge is 0.490 e. The van der Waals surface area contributed by atoms with Gasteiger partial charge < -0.3 is 14.8 Å². The lowest BCUT2D eigenvalue weighted by Gasteiger charge is -2.11. The van der Waals surface area contributed by atoms with E-state index in [2.05, 4.69) is 20.0 Å². The molecule has 0 bridgehead atoms. The van der Waals surface area contributed by atoms with Crippen LogP contribution < -0.4 is 19.5 Å². The normalized spacial score (nSPS) is 11.2. The van der Waals surface area contributed by atoms with E-state index in [0.717, 1.165) is 5.56 Å². The molecule has 172 valence electrons. The Morgan fingerprint density at radius 1 is 0.970 bits per heavy atom. The van der Waals surface area contributed by atoms with Gasteiger partial charge in [0, 0.05) is 24.2 Å². The third kappa shape index (κ3) is 6.78. The standard InChI is InChI=1S/C23H24N4O5S/c1-3-31-20-12-6-17(16-21(20)32-4-2)7-13-22(28)26-18-8-10-19(11-9-18)33(29,30)27-23-24-14-5-15-25-23/h5-16H,3-4H2,1-2H3,(H,26,28)(H,24,25,27)/b13-7+. The number of hydrogen-bond donors (Lipinski definition) is 2. The molecule has 0 aliphatic rings. The summed E-state index contributed by atoms with van der Waals surface area (Å²) < 4.78 is 38.3. The molecule has 2 aromatic carbocycles. The molecular formula is C23H24N4O5S. The Morgan fingerprint density at radius 3 is 2.30 bits per heavy atom. The number of amides is 1. The van der Waals surface area contributed by atoms with Gasteiger partial charge in [-0.2, -0.15) is 0 Å². The van der Waals surface area contributed by atoms with Gasteiger partial charge in [0.15, 0.2) is 11.5 Å². The third-order valence-corrected chi connectivity index (χ3v) is 5.56. The highest BCUT2D eigenvalue weighted by atomic mass is 32.2. The summed E-state index contributed by atoms with van der Waals surface area (Å²) in [6.07, 6.45) is 5.89. The fourth-order valence-electron chi connectivity index (χ4n) is 2.78. The molecule has 0 atom stereocenters. The van der Waals surface area contributed by atoms with Crippen molar-refractivity contribution in [3.8, 4) is 11.5 Å². The van der Waals surface area contributed by atoms with E-state index in [1.165, 1.54) is 42.7 Å². The quantitative estimate of drug-likeness (QED) is 0.435. The molecule has 0 spiro atoms. The van der Waals surface area contributed by atoms with Crippen molar-refractivity contribution < 1.29 is 22.7 Å². The van der Waals surface area contributed by atoms with Crippen LogP contribution in [0.5, 0.6) is 11.5 Å². The summed E-state index contributed by atoms with van der Waals surface area (Å²) in [5.74, 6) is 0.854. The zero-order valence-corrected chi connectivity index (χ0v) is 19.0. The van der Waals surface area contributed by atoms with Crippen LogP contribution in [0.1, 0.15) is 19.4 Å². The van der Waals surface area contributed by atoms with Gasteiger partial charge >= 0.3 is 0 Å². The number of anilines is 2. The maximum atomic E-state index is 12.4. The van der Waals surface area contributed by atoms with E-state index in [1.807, 2.05) is 19.9 Å². The Balaban J connectivity index is 1.64. The van der Waals surface area contributed by atoms with Crippen LogP contribution in [-0.4, -0.2) is 37.5 Å². The van der Waals surface area contributed by atoms with Gasteiger partial charge in [-0.1, -0.05) is 6.07 Å². The first kappa shape index (κ1) is 23.7.